The van der Waals surface area contributed by atoms with E-state index in [2.05, 4.69) is 79.3 Å². The van der Waals surface area contributed by atoms with Gasteiger partial charge in [-0.2, -0.15) is 0 Å². The normalized spacial score (nSPS) is 28.7. The van der Waals surface area contributed by atoms with Crippen LogP contribution < -0.4 is 11.1 Å². The van der Waals surface area contributed by atoms with Crippen LogP contribution in [0.15, 0.2) is 78.2 Å². The van der Waals surface area contributed by atoms with Gasteiger partial charge >= 0.3 is 0 Å². The van der Waals surface area contributed by atoms with E-state index in [1.165, 1.54) is 42.2 Å². The van der Waals surface area contributed by atoms with Crippen molar-refractivity contribution in [1.29, 1.82) is 0 Å². The summed E-state index contributed by atoms with van der Waals surface area (Å²) >= 11 is 0. The van der Waals surface area contributed by atoms with E-state index in [0.29, 0.717) is 5.92 Å². The van der Waals surface area contributed by atoms with Gasteiger partial charge in [0, 0.05) is 11.9 Å². The van der Waals surface area contributed by atoms with Crippen LogP contribution in [0.2, 0.25) is 0 Å². The first-order chi connectivity index (χ1) is 12.7. The predicted molar refractivity (Wildman–Crippen MR) is 110 cm³/mol. The molecule has 4 aliphatic rings. The zero-order valence-electron chi connectivity index (χ0n) is 15.7. The molecule has 3 aliphatic carbocycles. The molecule has 1 heterocycles. The molecule has 0 spiro atoms. The van der Waals surface area contributed by atoms with Crippen LogP contribution in [0.3, 0.4) is 0 Å². The fraction of sp³-hybridized carbons (Fsp3) is 0.333. The maximum Gasteiger partial charge on any atom is 0.0307 e. The summed E-state index contributed by atoms with van der Waals surface area (Å²) in [6, 6.07) is 9.31. The van der Waals surface area contributed by atoms with Gasteiger partial charge in [0.25, 0.3) is 0 Å². The zero-order chi connectivity index (χ0) is 18.3. The van der Waals surface area contributed by atoms with Gasteiger partial charge in [-0.15, -0.1) is 0 Å². The summed E-state index contributed by atoms with van der Waals surface area (Å²) in [7, 11) is 1.50. The molecule has 134 valence electrons. The van der Waals surface area contributed by atoms with E-state index >= 15 is 0 Å². The van der Waals surface area contributed by atoms with Crippen molar-refractivity contribution >= 4 is 5.57 Å². The number of nitrogens with two attached hydrogens (primary N) is 1. The van der Waals surface area contributed by atoms with Crippen molar-refractivity contribution in [3.8, 4) is 0 Å². The quantitative estimate of drug-likeness (QED) is 0.818. The molecule has 1 aromatic rings. The third-order valence-electron chi connectivity index (χ3n) is 5.99. The molecular weight excluding hydrogens is 316 g/mol. The monoisotopic (exact) mass is 344 g/mol. The smallest absolute Gasteiger partial charge is 0.0307 e. The maximum atomic E-state index is 4.50. The van der Waals surface area contributed by atoms with E-state index in [4.69, 9.17) is 0 Å². The van der Waals surface area contributed by atoms with Crippen LogP contribution in [0.4, 0.5) is 0 Å². The summed E-state index contributed by atoms with van der Waals surface area (Å²) in [6.45, 7) is 6.35. The molecular formula is C24H28N2. The number of benzene rings is 1. The van der Waals surface area contributed by atoms with Crippen LogP contribution >= 0.6 is 0 Å². The molecule has 1 aliphatic heterocycles. The van der Waals surface area contributed by atoms with Gasteiger partial charge in [0.05, 0.1) is 0 Å². The molecule has 0 aromatic heterocycles. The number of hydrogen-bond acceptors (Lipinski definition) is 2. The molecule has 5 rings (SSSR count). The van der Waals surface area contributed by atoms with Gasteiger partial charge in [-0.1, -0.05) is 56.0 Å². The Morgan fingerprint density at radius 3 is 2.62 bits per heavy atom. The van der Waals surface area contributed by atoms with Crippen molar-refractivity contribution in [1.82, 2.24) is 5.32 Å². The molecule has 2 heteroatoms. The fourth-order valence-corrected chi connectivity index (χ4v) is 4.32. The lowest BCUT2D eigenvalue weighted by Gasteiger charge is -2.20. The highest BCUT2D eigenvalue weighted by atomic mass is 14.8. The maximum absolute atomic E-state index is 4.50. The van der Waals surface area contributed by atoms with E-state index in [1.807, 2.05) is 0 Å². The number of rotatable bonds is 3. The van der Waals surface area contributed by atoms with E-state index in [0.717, 1.165) is 23.5 Å². The second kappa shape index (κ2) is 6.77. The predicted octanol–water partition coefficient (Wildman–Crippen LogP) is 4.90. The lowest BCUT2D eigenvalue weighted by molar-refractivity contribution is 0.888. The minimum Gasteiger partial charge on any atom is -0.362 e. The molecule has 3 unspecified atom stereocenters. The SMILES string of the molecule is C=C1C=CC(C2=C(c3cccc(C4CC4)c3)C3C(C)C3C=C2)=CN1.CN. The van der Waals surface area contributed by atoms with E-state index in [9.17, 15) is 0 Å². The number of allylic oxidation sites excluding steroid dienone is 7. The minimum atomic E-state index is 0.680. The van der Waals surface area contributed by atoms with Gasteiger partial charge in [0.1, 0.15) is 0 Å². The molecule has 26 heavy (non-hydrogen) atoms. The lowest BCUT2D eigenvalue weighted by atomic mass is 9.86. The minimum absolute atomic E-state index is 0.680. The van der Waals surface area contributed by atoms with E-state index < -0.39 is 0 Å². The van der Waals surface area contributed by atoms with Crippen LogP contribution in [0.25, 0.3) is 5.57 Å². The Kier molecular flexibility index (Phi) is 4.46. The summed E-state index contributed by atoms with van der Waals surface area (Å²) in [5, 5.41) is 3.27. The third kappa shape index (κ3) is 2.99. The van der Waals surface area contributed by atoms with E-state index in [-0.39, 0.29) is 0 Å². The second-order valence-corrected chi connectivity index (χ2v) is 7.65. The number of nitrogens with one attached hydrogen (secondary N) is 1. The topological polar surface area (TPSA) is 38.0 Å². The summed E-state index contributed by atoms with van der Waals surface area (Å²) in [5.41, 5.74) is 12.6. The molecule has 2 saturated carbocycles. The van der Waals surface area contributed by atoms with Crippen LogP contribution in [-0.2, 0) is 0 Å². The second-order valence-electron chi connectivity index (χ2n) is 7.65. The highest BCUT2D eigenvalue weighted by molar-refractivity contribution is 5.82. The Hall–Kier alpha value is -2.32. The highest BCUT2D eigenvalue weighted by Crippen LogP contribution is 2.59. The Morgan fingerprint density at radius 1 is 1.12 bits per heavy atom. The van der Waals surface area contributed by atoms with Gasteiger partial charge < -0.3 is 11.1 Å². The van der Waals surface area contributed by atoms with Crippen LogP contribution in [-0.4, -0.2) is 7.05 Å². The molecule has 0 radical (unpaired) electrons. The summed E-state index contributed by atoms with van der Waals surface area (Å²) in [4.78, 5) is 0. The van der Waals surface area contributed by atoms with Gasteiger partial charge in [-0.3, -0.25) is 0 Å². The summed E-state index contributed by atoms with van der Waals surface area (Å²) < 4.78 is 0. The Balaban J connectivity index is 0.000000814. The van der Waals surface area contributed by atoms with Crippen LogP contribution in [0, 0.1) is 17.8 Å². The molecule has 1 aromatic carbocycles. The molecule has 0 amide bonds. The standard InChI is InChI=1S/C23H23N.CH5N/c1-14-6-7-19(13-24-14)21-11-10-20-15(2)22(20)23(21)18-5-3-4-17(12-18)16-8-9-16;1-2/h3-7,10-13,15-16,20,22,24H,1,8-9H2,2H3;2H2,1H3. The van der Waals surface area contributed by atoms with Crippen LogP contribution in [0.5, 0.6) is 0 Å². The number of dihydropyridines is 1. The number of fused-ring (bicyclic) bond motifs is 1. The fourth-order valence-electron chi connectivity index (χ4n) is 4.32. The number of hydrogen-bond donors (Lipinski definition) is 2. The van der Waals surface area contributed by atoms with Gasteiger partial charge in [0.15, 0.2) is 0 Å². The third-order valence-corrected chi connectivity index (χ3v) is 5.99. The van der Waals surface area contributed by atoms with Crippen molar-refractivity contribution < 1.29 is 0 Å². The first kappa shape index (κ1) is 17.1. The van der Waals surface area contributed by atoms with Gasteiger partial charge in [0.2, 0.25) is 0 Å². The molecule has 3 N–H and O–H groups in total. The van der Waals surface area contributed by atoms with E-state index in [1.54, 1.807) is 5.57 Å². The lowest BCUT2D eigenvalue weighted by Crippen LogP contribution is -2.09. The summed E-state index contributed by atoms with van der Waals surface area (Å²) in [6.07, 6.45) is 13.8. The molecule has 2 fully saturated rings. The van der Waals surface area contributed by atoms with Gasteiger partial charge in [-0.25, -0.2) is 0 Å². The Labute approximate surface area is 156 Å². The first-order valence-electron chi connectivity index (χ1n) is 9.67. The zero-order valence-corrected chi connectivity index (χ0v) is 15.7. The Bertz CT molecular complexity index is 849. The van der Waals surface area contributed by atoms with Crippen LogP contribution in [0.1, 0.15) is 36.8 Å². The van der Waals surface area contributed by atoms with Crippen molar-refractivity contribution in [3.63, 3.8) is 0 Å². The van der Waals surface area contributed by atoms with Crippen molar-refractivity contribution in [2.75, 3.05) is 7.05 Å². The molecule has 0 saturated heterocycles. The first-order valence-corrected chi connectivity index (χ1v) is 9.67. The largest absolute Gasteiger partial charge is 0.362 e. The molecule has 2 nitrogen and oxygen atoms in total. The van der Waals surface area contributed by atoms with Crippen molar-refractivity contribution in [3.05, 3.63) is 89.3 Å². The highest BCUT2D eigenvalue weighted by Gasteiger charge is 2.49. The summed E-state index contributed by atoms with van der Waals surface area (Å²) in [5.74, 6) is 2.97. The van der Waals surface area contributed by atoms with Gasteiger partial charge in [-0.05, 0) is 77.5 Å². The molecule has 0 bridgehead atoms. The molecule has 3 atom stereocenters. The van der Waals surface area contributed by atoms with Crippen molar-refractivity contribution in [2.45, 2.75) is 25.7 Å². The average molecular weight is 345 g/mol. The average Bonchev–Trinajstić information content (AvgIpc) is 3.61. The Morgan fingerprint density at radius 2 is 1.92 bits per heavy atom. The van der Waals surface area contributed by atoms with Crippen molar-refractivity contribution in [2.24, 2.45) is 23.5 Å².